The van der Waals surface area contributed by atoms with Crippen molar-refractivity contribution in [1.29, 1.82) is 0 Å². The maximum absolute atomic E-state index is 11.8. The minimum atomic E-state index is -3.16. The van der Waals surface area contributed by atoms with Crippen LogP contribution in [0.3, 0.4) is 0 Å². The zero-order valence-corrected chi connectivity index (χ0v) is 11.6. The number of sulfonamides is 1. The van der Waals surface area contributed by atoms with Crippen molar-refractivity contribution in [2.75, 3.05) is 32.6 Å². The van der Waals surface area contributed by atoms with Gasteiger partial charge >= 0.3 is 0 Å². The standard InChI is InChI=1S/C11H24N2O3S/c1-10(8-16-2)7-13-17(14,15)9-11-5-3-4-6-12-11/h10-13H,3-9H2,1-2H3. The summed E-state index contributed by atoms with van der Waals surface area (Å²) in [6.07, 6.45) is 3.22. The van der Waals surface area contributed by atoms with Crippen LogP contribution in [-0.4, -0.2) is 47.0 Å². The van der Waals surface area contributed by atoms with E-state index in [0.717, 1.165) is 25.8 Å². The van der Waals surface area contributed by atoms with Crippen molar-refractivity contribution in [3.8, 4) is 0 Å². The largest absolute Gasteiger partial charge is 0.384 e. The van der Waals surface area contributed by atoms with E-state index in [9.17, 15) is 8.42 Å². The van der Waals surface area contributed by atoms with Crippen LogP contribution in [0.25, 0.3) is 0 Å². The molecule has 1 rings (SSSR count). The third kappa shape index (κ3) is 6.35. The van der Waals surface area contributed by atoms with E-state index in [1.54, 1.807) is 7.11 Å². The Morgan fingerprint density at radius 3 is 2.82 bits per heavy atom. The molecule has 2 atom stereocenters. The fourth-order valence-corrected chi connectivity index (χ4v) is 3.47. The first-order chi connectivity index (χ1) is 8.03. The lowest BCUT2D eigenvalue weighted by Gasteiger charge is -2.23. The van der Waals surface area contributed by atoms with Gasteiger partial charge in [-0.3, -0.25) is 0 Å². The molecular weight excluding hydrogens is 240 g/mol. The van der Waals surface area contributed by atoms with Gasteiger partial charge in [-0.25, -0.2) is 13.1 Å². The van der Waals surface area contributed by atoms with Gasteiger partial charge < -0.3 is 10.1 Å². The van der Waals surface area contributed by atoms with Crippen molar-refractivity contribution in [2.24, 2.45) is 5.92 Å². The molecule has 0 amide bonds. The number of hydrogen-bond donors (Lipinski definition) is 2. The summed E-state index contributed by atoms with van der Waals surface area (Å²) in [5, 5.41) is 3.24. The van der Waals surface area contributed by atoms with E-state index in [1.165, 1.54) is 0 Å². The minimum Gasteiger partial charge on any atom is -0.384 e. The van der Waals surface area contributed by atoms with Crippen LogP contribution in [0, 0.1) is 5.92 Å². The molecule has 2 N–H and O–H groups in total. The highest BCUT2D eigenvalue weighted by Crippen LogP contribution is 2.08. The molecule has 1 aliphatic rings. The smallest absolute Gasteiger partial charge is 0.213 e. The van der Waals surface area contributed by atoms with Crippen LogP contribution in [0.4, 0.5) is 0 Å². The van der Waals surface area contributed by atoms with Crippen molar-refractivity contribution >= 4 is 10.0 Å². The Labute approximate surface area is 104 Å². The molecule has 102 valence electrons. The van der Waals surface area contributed by atoms with Gasteiger partial charge in [-0.1, -0.05) is 13.3 Å². The first-order valence-electron chi connectivity index (χ1n) is 6.23. The highest BCUT2D eigenvalue weighted by atomic mass is 32.2. The molecule has 1 aliphatic heterocycles. The summed E-state index contributed by atoms with van der Waals surface area (Å²) in [4.78, 5) is 0. The fraction of sp³-hybridized carbons (Fsp3) is 1.00. The zero-order chi connectivity index (χ0) is 12.7. The lowest BCUT2D eigenvalue weighted by atomic mass is 10.1. The van der Waals surface area contributed by atoms with E-state index < -0.39 is 10.0 Å². The van der Waals surface area contributed by atoms with Crippen LogP contribution in [0.2, 0.25) is 0 Å². The molecule has 17 heavy (non-hydrogen) atoms. The predicted molar refractivity (Wildman–Crippen MR) is 68.5 cm³/mol. The van der Waals surface area contributed by atoms with E-state index >= 15 is 0 Å². The van der Waals surface area contributed by atoms with Gasteiger partial charge in [-0.2, -0.15) is 0 Å². The van der Waals surface area contributed by atoms with Gasteiger partial charge in [-0.15, -0.1) is 0 Å². The quantitative estimate of drug-likeness (QED) is 0.695. The molecular formula is C11H24N2O3S. The molecule has 0 aromatic heterocycles. The first kappa shape index (κ1) is 14.9. The summed E-state index contributed by atoms with van der Waals surface area (Å²) in [5.74, 6) is 0.390. The van der Waals surface area contributed by atoms with Crippen LogP contribution in [0.15, 0.2) is 0 Å². The Kier molecular flexibility index (Phi) is 6.40. The number of methoxy groups -OCH3 is 1. The zero-order valence-electron chi connectivity index (χ0n) is 10.7. The molecule has 0 aromatic carbocycles. The first-order valence-corrected chi connectivity index (χ1v) is 7.88. The summed E-state index contributed by atoms with van der Waals surface area (Å²) >= 11 is 0. The van der Waals surface area contributed by atoms with Crippen molar-refractivity contribution in [1.82, 2.24) is 10.0 Å². The fourth-order valence-electron chi connectivity index (χ4n) is 2.00. The molecule has 0 saturated carbocycles. The predicted octanol–water partition coefficient (Wildman–Crippen LogP) is 0.330. The number of nitrogens with one attached hydrogen (secondary N) is 2. The lowest BCUT2D eigenvalue weighted by molar-refractivity contribution is 0.161. The molecule has 0 radical (unpaired) electrons. The van der Waals surface area contributed by atoms with Crippen LogP contribution in [0.5, 0.6) is 0 Å². The van der Waals surface area contributed by atoms with Crippen molar-refractivity contribution in [2.45, 2.75) is 32.2 Å². The van der Waals surface area contributed by atoms with E-state index in [1.807, 2.05) is 6.92 Å². The van der Waals surface area contributed by atoms with Crippen LogP contribution < -0.4 is 10.0 Å². The molecule has 0 bridgehead atoms. The number of piperidine rings is 1. The Balaban J connectivity index is 2.29. The van der Waals surface area contributed by atoms with Gasteiger partial charge in [0.05, 0.1) is 5.75 Å². The van der Waals surface area contributed by atoms with Crippen LogP contribution in [-0.2, 0) is 14.8 Å². The normalized spacial score (nSPS) is 23.5. The second-order valence-electron chi connectivity index (χ2n) is 4.84. The van der Waals surface area contributed by atoms with Crippen molar-refractivity contribution in [3.05, 3.63) is 0 Å². The highest BCUT2D eigenvalue weighted by Gasteiger charge is 2.20. The third-order valence-corrected chi connectivity index (χ3v) is 4.38. The number of ether oxygens (including phenoxy) is 1. The van der Waals surface area contributed by atoms with Gasteiger partial charge in [0.25, 0.3) is 0 Å². The highest BCUT2D eigenvalue weighted by molar-refractivity contribution is 7.89. The van der Waals surface area contributed by atoms with Gasteiger partial charge in [0.1, 0.15) is 0 Å². The summed E-state index contributed by atoms with van der Waals surface area (Å²) in [5.41, 5.74) is 0. The Morgan fingerprint density at radius 1 is 1.47 bits per heavy atom. The van der Waals surface area contributed by atoms with E-state index in [4.69, 9.17) is 4.74 Å². The summed E-state index contributed by atoms with van der Waals surface area (Å²) < 4.78 is 31.2. The average Bonchev–Trinajstić information content (AvgIpc) is 2.28. The molecule has 1 saturated heterocycles. The second-order valence-corrected chi connectivity index (χ2v) is 6.69. The number of rotatable bonds is 7. The Bertz CT molecular complexity index is 300. The molecule has 6 heteroatoms. The lowest BCUT2D eigenvalue weighted by Crippen LogP contribution is -2.43. The Morgan fingerprint density at radius 2 is 2.24 bits per heavy atom. The maximum atomic E-state index is 11.8. The second kappa shape index (κ2) is 7.31. The summed E-state index contributed by atoms with van der Waals surface area (Å²) in [6.45, 7) is 3.91. The van der Waals surface area contributed by atoms with Gasteiger partial charge in [0.2, 0.25) is 10.0 Å². The van der Waals surface area contributed by atoms with Crippen LogP contribution in [0.1, 0.15) is 26.2 Å². The molecule has 0 aromatic rings. The van der Waals surface area contributed by atoms with Gasteiger partial charge in [-0.05, 0) is 25.3 Å². The van der Waals surface area contributed by atoms with E-state index in [0.29, 0.717) is 13.2 Å². The maximum Gasteiger partial charge on any atom is 0.213 e. The van der Waals surface area contributed by atoms with Crippen molar-refractivity contribution < 1.29 is 13.2 Å². The Hall–Kier alpha value is -0.170. The summed E-state index contributed by atoms with van der Waals surface area (Å²) in [6, 6.07) is 0.110. The molecule has 1 fully saturated rings. The van der Waals surface area contributed by atoms with E-state index in [2.05, 4.69) is 10.0 Å². The molecule has 5 nitrogen and oxygen atoms in total. The number of hydrogen-bond acceptors (Lipinski definition) is 4. The van der Waals surface area contributed by atoms with Gasteiger partial charge in [0, 0.05) is 26.3 Å². The minimum absolute atomic E-state index is 0.110. The van der Waals surface area contributed by atoms with Crippen LogP contribution >= 0.6 is 0 Å². The van der Waals surface area contributed by atoms with E-state index in [-0.39, 0.29) is 17.7 Å². The van der Waals surface area contributed by atoms with Gasteiger partial charge in [0.15, 0.2) is 0 Å². The summed E-state index contributed by atoms with van der Waals surface area (Å²) in [7, 11) is -1.54. The van der Waals surface area contributed by atoms with Crippen molar-refractivity contribution in [3.63, 3.8) is 0 Å². The topological polar surface area (TPSA) is 67.4 Å². The SMILES string of the molecule is COCC(C)CNS(=O)(=O)CC1CCCCN1. The molecule has 0 aliphatic carbocycles. The molecule has 0 spiro atoms. The third-order valence-electron chi connectivity index (χ3n) is 2.94. The monoisotopic (exact) mass is 264 g/mol. The molecule has 1 heterocycles. The molecule has 2 unspecified atom stereocenters. The average molecular weight is 264 g/mol.